The van der Waals surface area contributed by atoms with E-state index >= 15 is 0 Å². The fraction of sp³-hybridized carbons (Fsp3) is 0.304. The molecule has 8 heteroatoms. The van der Waals surface area contributed by atoms with Gasteiger partial charge in [0.05, 0.1) is 26.3 Å². The molecule has 5 rings (SSSR count). The molecule has 0 spiro atoms. The van der Waals surface area contributed by atoms with Gasteiger partial charge >= 0.3 is 0 Å². The number of pyridine rings is 1. The van der Waals surface area contributed by atoms with Crippen LogP contribution < -0.4 is 19.7 Å². The van der Waals surface area contributed by atoms with Crippen molar-refractivity contribution in [1.82, 2.24) is 20.3 Å². The van der Waals surface area contributed by atoms with Gasteiger partial charge in [0.25, 0.3) is 5.91 Å². The molecule has 2 aromatic heterocycles. The van der Waals surface area contributed by atoms with E-state index in [1.54, 1.807) is 44.8 Å². The topological polar surface area (TPSA) is 89.5 Å². The predicted molar refractivity (Wildman–Crippen MR) is 114 cm³/mol. The third-order valence-corrected chi connectivity index (χ3v) is 6.12. The van der Waals surface area contributed by atoms with Crippen LogP contribution >= 0.6 is 0 Å². The molecule has 1 amide bonds. The average Bonchev–Trinajstić information content (AvgIpc) is 3.38. The van der Waals surface area contributed by atoms with Crippen LogP contribution in [-0.4, -0.2) is 48.2 Å². The Kier molecular flexibility index (Phi) is 4.89. The molecule has 0 unspecified atom stereocenters. The SMILES string of the molecule is COc1cc(OC)nc(N2C[C@@H]3[C@H](NC(=O)c4ccncc4)c4ccccc4[C@@H]3C2)n1. The maximum atomic E-state index is 12.9. The molecule has 8 nitrogen and oxygen atoms in total. The largest absolute Gasteiger partial charge is 0.481 e. The number of aromatic nitrogens is 3. The number of rotatable bonds is 5. The third-order valence-electron chi connectivity index (χ3n) is 6.12. The lowest BCUT2D eigenvalue weighted by atomic mass is 9.94. The summed E-state index contributed by atoms with van der Waals surface area (Å²) in [6.07, 6.45) is 3.26. The zero-order chi connectivity index (χ0) is 21.4. The molecule has 0 saturated carbocycles. The van der Waals surface area contributed by atoms with Crippen molar-refractivity contribution in [3.63, 3.8) is 0 Å². The van der Waals surface area contributed by atoms with Gasteiger partial charge in [-0.15, -0.1) is 0 Å². The van der Waals surface area contributed by atoms with Crippen LogP contribution in [0.1, 0.15) is 33.4 Å². The summed E-state index contributed by atoms with van der Waals surface area (Å²) in [6.45, 7) is 1.48. The number of nitrogens with zero attached hydrogens (tertiary/aromatic N) is 4. The van der Waals surface area contributed by atoms with Gasteiger partial charge < -0.3 is 19.7 Å². The van der Waals surface area contributed by atoms with Crippen LogP contribution in [-0.2, 0) is 0 Å². The van der Waals surface area contributed by atoms with E-state index in [1.165, 1.54) is 11.1 Å². The molecule has 1 fully saturated rings. The van der Waals surface area contributed by atoms with E-state index in [0.717, 1.165) is 13.1 Å². The lowest BCUT2D eigenvalue weighted by Crippen LogP contribution is -2.34. The van der Waals surface area contributed by atoms with Gasteiger partial charge in [0.1, 0.15) is 0 Å². The van der Waals surface area contributed by atoms with E-state index in [1.807, 2.05) is 6.07 Å². The van der Waals surface area contributed by atoms with Crippen molar-refractivity contribution < 1.29 is 14.3 Å². The smallest absolute Gasteiger partial charge is 0.251 e. The monoisotopic (exact) mass is 417 g/mol. The van der Waals surface area contributed by atoms with Crippen LogP contribution in [0.15, 0.2) is 54.9 Å². The highest BCUT2D eigenvalue weighted by Crippen LogP contribution is 2.49. The Morgan fingerprint density at radius 3 is 2.35 bits per heavy atom. The Hall–Kier alpha value is -3.68. The summed E-state index contributed by atoms with van der Waals surface area (Å²) in [5.41, 5.74) is 3.06. The van der Waals surface area contributed by atoms with Gasteiger partial charge in [0, 0.05) is 42.9 Å². The van der Waals surface area contributed by atoms with Crippen molar-refractivity contribution in [2.75, 3.05) is 32.2 Å². The zero-order valence-corrected chi connectivity index (χ0v) is 17.4. The maximum absolute atomic E-state index is 12.9. The fourth-order valence-electron chi connectivity index (χ4n) is 4.68. The number of ether oxygens (including phenoxy) is 2. The van der Waals surface area contributed by atoms with E-state index in [-0.39, 0.29) is 23.8 Å². The molecule has 1 aromatic carbocycles. The van der Waals surface area contributed by atoms with Crippen molar-refractivity contribution in [3.8, 4) is 11.8 Å². The van der Waals surface area contributed by atoms with E-state index < -0.39 is 0 Å². The molecular formula is C23H23N5O3. The van der Waals surface area contributed by atoms with Crippen molar-refractivity contribution in [2.45, 2.75) is 12.0 Å². The number of anilines is 1. The minimum Gasteiger partial charge on any atom is -0.481 e. The Balaban J connectivity index is 1.45. The van der Waals surface area contributed by atoms with E-state index in [4.69, 9.17) is 9.47 Å². The molecule has 158 valence electrons. The van der Waals surface area contributed by atoms with Crippen molar-refractivity contribution in [1.29, 1.82) is 0 Å². The van der Waals surface area contributed by atoms with Crippen LogP contribution in [0.4, 0.5) is 5.95 Å². The van der Waals surface area contributed by atoms with Gasteiger partial charge in [0.2, 0.25) is 17.7 Å². The summed E-state index contributed by atoms with van der Waals surface area (Å²) >= 11 is 0. The van der Waals surface area contributed by atoms with Crippen LogP contribution in [0, 0.1) is 5.92 Å². The number of amides is 1. The van der Waals surface area contributed by atoms with Crippen LogP contribution in [0.5, 0.6) is 11.8 Å². The number of carbonyl (C=O) groups is 1. The molecular weight excluding hydrogens is 394 g/mol. The molecule has 1 aliphatic carbocycles. The molecule has 1 N–H and O–H groups in total. The molecule has 1 aliphatic heterocycles. The Labute approximate surface area is 180 Å². The molecule has 0 bridgehead atoms. The summed E-state index contributed by atoms with van der Waals surface area (Å²) in [7, 11) is 3.15. The number of hydrogen-bond acceptors (Lipinski definition) is 7. The van der Waals surface area contributed by atoms with E-state index in [0.29, 0.717) is 23.3 Å². The normalized spacial score (nSPS) is 21.4. The molecule has 3 heterocycles. The fourth-order valence-corrected chi connectivity index (χ4v) is 4.68. The maximum Gasteiger partial charge on any atom is 0.251 e. The van der Waals surface area contributed by atoms with Crippen molar-refractivity contribution in [2.24, 2.45) is 5.92 Å². The molecule has 31 heavy (non-hydrogen) atoms. The van der Waals surface area contributed by atoms with Gasteiger partial charge in [-0.25, -0.2) is 0 Å². The second kappa shape index (κ2) is 7.86. The third kappa shape index (κ3) is 3.43. The van der Waals surface area contributed by atoms with Gasteiger partial charge in [-0.05, 0) is 23.3 Å². The van der Waals surface area contributed by atoms with Gasteiger partial charge in [-0.3, -0.25) is 9.78 Å². The first kappa shape index (κ1) is 19.3. The summed E-state index contributed by atoms with van der Waals surface area (Å²) in [5, 5.41) is 3.26. The summed E-state index contributed by atoms with van der Waals surface area (Å²) in [5.74, 6) is 1.88. The van der Waals surface area contributed by atoms with Crippen LogP contribution in [0.2, 0.25) is 0 Å². The lowest BCUT2D eigenvalue weighted by Gasteiger charge is -2.23. The lowest BCUT2D eigenvalue weighted by molar-refractivity contribution is 0.0926. The van der Waals surface area contributed by atoms with Crippen molar-refractivity contribution in [3.05, 3.63) is 71.5 Å². The van der Waals surface area contributed by atoms with E-state index in [9.17, 15) is 4.79 Å². The van der Waals surface area contributed by atoms with E-state index in [2.05, 4.69) is 43.4 Å². The number of methoxy groups -OCH3 is 2. The quantitative estimate of drug-likeness (QED) is 0.682. The second-order valence-electron chi connectivity index (χ2n) is 7.74. The highest BCUT2D eigenvalue weighted by molar-refractivity contribution is 5.94. The van der Waals surface area contributed by atoms with Crippen LogP contribution in [0.25, 0.3) is 0 Å². The number of benzene rings is 1. The summed E-state index contributed by atoms with van der Waals surface area (Å²) in [4.78, 5) is 28.1. The highest BCUT2D eigenvalue weighted by Gasteiger charge is 2.47. The number of nitrogens with one attached hydrogen (secondary N) is 1. The van der Waals surface area contributed by atoms with Gasteiger partial charge in [0.15, 0.2) is 0 Å². The minimum absolute atomic E-state index is 0.0839. The molecule has 3 atom stereocenters. The second-order valence-corrected chi connectivity index (χ2v) is 7.74. The molecule has 1 saturated heterocycles. The zero-order valence-electron chi connectivity index (χ0n) is 17.4. The Morgan fingerprint density at radius 2 is 1.68 bits per heavy atom. The highest BCUT2D eigenvalue weighted by atomic mass is 16.5. The standard InChI is InChI=1S/C23H23N5O3/c1-30-19-11-20(31-2)26-23(25-19)28-12-17-15-5-3-4-6-16(15)21(18(17)13-28)27-22(29)14-7-9-24-10-8-14/h3-11,17-18,21H,12-13H2,1-2H3,(H,27,29)/t17-,18-,21+/m0/s1. The Morgan fingerprint density at radius 1 is 1.00 bits per heavy atom. The van der Waals surface area contributed by atoms with Crippen LogP contribution in [0.3, 0.4) is 0 Å². The first-order valence-corrected chi connectivity index (χ1v) is 10.2. The first-order chi connectivity index (χ1) is 15.2. The molecule has 2 aliphatic rings. The van der Waals surface area contributed by atoms with Gasteiger partial charge in [-0.2, -0.15) is 9.97 Å². The number of hydrogen-bond donors (Lipinski definition) is 1. The summed E-state index contributed by atoms with van der Waals surface area (Å²) in [6, 6.07) is 13.4. The minimum atomic E-state index is -0.0967. The predicted octanol–water partition coefficient (Wildman–Crippen LogP) is 2.59. The van der Waals surface area contributed by atoms with Gasteiger partial charge in [-0.1, -0.05) is 24.3 Å². The first-order valence-electron chi connectivity index (χ1n) is 10.2. The number of carbonyl (C=O) groups excluding carboxylic acids is 1. The number of fused-ring (bicyclic) bond motifs is 3. The molecule has 0 radical (unpaired) electrons. The molecule has 3 aromatic rings. The summed E-state index contributed by atoms with van der Waals surface area (Å²) < 4.78 is 10.6. The average molecular weight is 417 g/mol. The van der Waals surface area contributed by atoms with Crippen molar-refractivity contribution >= 4 is 11.9 Å². The Bertz CT molecular complexity index is 1090.